The fourth-order valence-electron chi connectivity index (χ4n) is 4.29. The second-order valence-electron chi connectivity index (χ2n) is 8.57. The lowest BCUT2D eigenvalue weighted by molar-refractivity contribution is -0.137. The van der Waals surface area contributed by atoms with Gasteiger partial charge in [-0.3, -0.25) is 4.79 Å². The number of carboxylic acid groups (broad SMARTS) is 1. The van der Waals surface area contributed by atoms with Crippen LogP contribution >= 0.6 is 0 Å². The molecule has 3 N–H and O–H groups in total. The Hall–Kier alpha value is -4.74. The van der Waals surface area contributed by atoms with E-state index in [2.05, 4.69) is 20.2 Å². The van der Waals surface area contributed by atoms with Crippen LogP contribution in [0, 0.1) is 5.82 Å². The Balaban J connectivity index is 1.54. The third kappa shape index (κ3) is 4.56. The average Bonchev–Trinajstić information content (AvgIpc) is 3.29. The second kappa shape index (κ2) is 9.29. The minimum Gasteiger partial charge on any atom is -0.465 e. The van der Waals surface area contributed by atoms with Crippen LogP contribution in [-0.4, -0.2) is 37.9 Å². The minimum atomic E-state index is -4.60. The van der Waals surface area contributed by atoms with Gasteiger partial charge in [-0.15, -0.1) is 0 Å². The van der Waals surface area contributed by atoms with Crippen LogP contribution in [0.5, 0.6) is 0 Å². The fourth-order valence-corrected chi connectivity index (χ4v) is 4.29. The lowest BCUT2D eigenvalue weighted by Crippen LogP contribution is -2.29. The maximum atomic E-state index is 14.9. The van der Waals surface area contributed by atoms with E-state index in [0.717, 1.165) is 23.1 Å². The highest BCUT2D eigenvalue weighted by Crippen LogP contribution is 2.32. The molecule has 0 radical (unpaired) electrons. The molecule has 2 aromatic heterocycles. The first-order chi connectivity index (χ1) is 18.0. The lowest BCUT2D eigenvalue weighted by Gasteiger charge is -2.12. The molecule has 12 heteroatoms. The Morgan fingerprint density at radius 3 is 2.55 bits per heavy atom. The van der Waals surface area contributed by atoms with Crippen molar-refractivity contribution >= 4 is 33.8 Å². The molecule has 0 spiro atoms. The molecule has 38 heavy (non-hydrogen) atoms. The smallest absolute Gasteiger partial charge is 0.416 e. The zero-order chi connectivity index (χ0) is 27.2. The molecule has 0 atom stereocenters. The Morgan fingerprint density at radius 2 is 1.84 bits per heavy atom. The van der Waals surface area contributed by atoms with Gasteiger partial charge in [-0.2, -0.15) is 18.3 Å². The number of alkyl halides is 3. The van der Waals surface area contributed by atoms with Gasteiger partial charge in [0.2, 0.25) is 5.95 Å². The summed E-state index contributed by atoms with van der Waals surface area (Å²) in [5, 5.41) is 15.7. The van der Waals surface area contributed by atoms with Crippen molar-refractivity contribution in [2.45, 2.75) is 19.5 Å². The number of aromatic nitrogens is 4. The van der Waals surface area contributed by atoms with E-state index in [4.69, 9.17) is 0 Å². The molecular weight excluding hydrogens is 506 g/mol. The van der Waals surface area contributed by atoms with Gasteiger partial charge in [-0.25, -0.2) is 24.2 Å². The number of halogens is 4. The van der Waals surface area contributed by atoms with Gasteiger partial charge < -0.3 is 10.1 Å². The Bertz CT molecular complexity index is 1760. The third-order valence-corrected chi connectivity index (χ3v) is 6.18. The van der Waals surface area contributed by atoms with Crippen LogP contribution in [0.25, 0.3) is 32.9 Å². The van der Waals surface area contributed by atoms with E-state index in [9.17, 15) is 32.3 Å². The average molecular weight is 525 g/mol. The van der Waals surface area contributed by atoms with Gasteiger partial charge in [0.05, 0.1) is 27.7 Å². The highest BCUT2D eigenvalue weighted by atomic mass is 19.4. The molecule has 0 fully saturated rings. The van der Waals surface area contributed by atoms with E-state index < -0.39 is 29.2 Å². The highest BCUT2D eigenvalue weighted by molar-refractivity contribution is 5.89. The Kier molecular flexibility index (Phi) is 6.09. The van der Waals surface area contributed by atoms with Crippen molar-refractivity contribution in [3.63, 3.8) is 0 Å². The summed E-state index contributed by atoms with van der Waals surface area (Å²) < 4.78 is 54.7. The van der Waals surface area contributed by atoms with Crippen molar-refractivity contribution in [3.8, 4) is 11.1 Å². The first-order valence-corrected chi connectivity index (χ1v) is 11.4. The molecule has 0 saturated heterocycles. The molecule has 0 aliphatic carbocycles. The number of imidazole rings is 1. The van der Waals surface area contributed by atoms with Crippen molar-refractivity contribution in [2.24, 2.45) is 0 Å². The van der Waals surface area contributed by atoms with Crippen LogP contribution in [0.4, 0.5) is 28.3 Å². The summed E-state index contributed by atoms with van der Waals surface area (Å²) in [6.45, 7) is 1.84. The number of carbonyl (C=O) groups is 1. The quantitative estimate of drug-likeness (QED) is 0.254. The fraction of sp³-hybridized carbons (Fsp3) is 0.154. The van der Waals surface area contributed by atoms with E-state index in [-0.39, 0.29) is 40.9 Å². The molecule has 1 amide bonds. The minimum absolute atomic E-state index is 0.0302. The maximum Gasteiger partial charge on any atom is 0.416 e. The molecular formula is C26H19F4N5O3. The van der Waals surface area contributed by atoms with Crippen LogP contribution in [-0.2, 0) is 12.6 Å². The molecule has 8 nitrogen and oxygen atoms in total. The van der Waals surface area contributed by atoms with Crippen LogP contribution in [0.1, 0.15) is 23.7 Å². The van der Waals surface area contributed by atoms with Gasteiger partial charge in [0.25, 0.3) is 5.56 Å². The number of nitrogens with one attached hydrogen (secondary N) is 2. The number of hydrogen-bond donors (Lipinski definition) is 3. The first-order valence-electron chi connectivity index (χ1n) is 11.4. The van der Waals surface area contributed by atoms with Crippen LogP contribution in [0.3, 0.4) is 0 Å². The predicted octanol–water partition coefficient (Wildman–Crippen LogP) is 5.72. The van der Waals surface area contributed by atoms with E-state index in [1.165, 1.54) is 12.1 Å². The van der Waals surface area contributed by atoms with Crippen LogP contribution < -0.4 is 10.5 Å². The van der Waals surface area contributed by atoms with Gasteiger partial charge >= 0.3 is 12.3 Å². The lowest BCUT2D eigenvalue weighted by atomic mass is 9.98. The first kappa shape index (κ1) is 24.9. The summed E-state index contributed by atoms with van der Waals surface area (Å²) in [5.74, 6) is -0.400. The number of nitrogens with zero attached hydrogens (tertiary/aromatic N) is 3. The highest BCUT2D eigenvalue weighted by Gasteiger charge is 2.31. The van der Waals surface area contributed by atoms with Gasteiger partial charge in [0.15, 0.2) is 0 Å². The molecule has 5 aromatic rings. The number of aromatic amines is 2. The summed E-state index contributed by atoms with van der Waals surface area (Å²) in [6, 6.07) is 12.0. The SMILES string of the molecule is CCN(C(=O)O)c1nc2ccc(-c3cc(Cc4n[nH]c(=O)c5ccc(C(F)(F)F)cc45)ccc3F)cc2[nH]1. The monoisotopic (exact) mass is 525 g/mol. The predicted molar refractivity (Wildman–Crippen MR) is 133 cm³/mol. The number of fused-ring (bicyclic) bond motifs is 2. The van der Waals surface area contributed by atoms with E-state index >= 15 is 0 Å². The van der Waals surface area contributed by atoms with Crippen molar-refractivity contribution in [3.05, 3.63) is 87.6 Å². The summed E-state index contributed by atoms with van der Waals surface area (Å²) in [5.41, 5.74) is 0.905. The summed E-state index contributed by atoms with van der Waals surface area (Å²) in [4.78, 5) is 31.8. The molecule has 0 aliphatic heterocycles. The van der Waals surface area contributed by atoms with Crippen molar-refractivity contribution in [2.75, 3.05) is 11.4 Å². The van der Waals surface area contributed by atoms with Gasteiger partial charge in [-0.05, 0) is 60.5 Å². The Labute approximate surface area is 211 Å². The number of hydrogen-bond acceptors (Lipinski definition) is 4. The zero-order valence-corrected chi connectivity index (χ0v) is 19.7. The number of anilines is 1. The van der Waals surface area contributed by atoms with Gasteiger partial charge in [0.1, 0.15) is 5.82 Å². The van der Waals surface area contributed by atoms with Crippen molar-refractivity contribution < 1.29 is 27.5 Å². The van der Waals surface area contributed by atoms with E-state index in [0.29, 0.717) is 22.2 Å². The standard InChI is InChI=1S/C26H19F4N5O3/c1-2-35(25(37)38)24-31-20-8-4-14(11-22(20)32-24)17-9-13(3-7-19(17)27)10-21-18-12-15(26(28,29)30)5-6-16(18)23(36)34-33-21/h3-9,11-12H,2,10H2,1H3,(H,31,32)(H,34,36)(H,37,38). The van der Waals surface area contributed by atoms with E-state index in [1.807, 2.05) is 0 Å². The molecule has 0 bridgehead atoms. The topological polar surface area (TPSA) is 115 Å². The van der Waals surface area contributed by atoms with Crippen LogP contribution in [0.2, 0.25) is 0 Å². The molecule has 3 aromatic carbocycles. The van der Waals surface area contributed by atoms with E-state index in [1.54, 1.807) is 31.2 Å². The number of benzene rings is 3. The van der Waals surface area contributed by atoms with Crippen molar-refractivity contribution in [1.29, 1.82) is 0 Å². The molecule has 194 valence electrons. The summed E-state index contributed by atoms with van der Waals surface area (Å²) in [7, 11) is 0. The number of H-pyrrole nitrogens is 2. The van der Waals surface area contributed by atoms with Gasteiger partial charge in [0, 0.05) is 23.9 Å². The molecule has 0 saturated carbocycles. The summed E-state index contributed by atoms with van der Waals surface area (Å²) in [6.07, 6.45) is -5.74. The van der Waals surface area contributed by atoms with Gasteiger partial charge in [-0.1, -0.05) is 12.1 Å². The summed E-state index contributed by atoms with van der Waals surface area (Å²) >= 11 is 0. The molecule has 0 aliphatic rings. The number of amides is 1. The molecule has 0 unspecified atom stereocenters. The van der Waals surface area contributed by atoms with Crippen molar-refractivity contribution in [1.82, 2.24) is 20.2 Å². The molecule has 2 heterocycles. The zero-order valence-electron chi connectivity index (χ0n) is 19.7. The number of rotatable bonds is 5. The third-order valence-electron chi connectivity index (χ3n) is 6.18. The molecule has 5 rings (SSSR count). The Morgan fingerprint density at radius 1 is 1.05 bits per heavy atom. The maximum absolute atomic E-state index is 14.9. The second-order valence-corrected chi connectivity index (χ2v) is 8.57. The normalized spacial score (nSPS) is 11.8. The largest absolute Gasteiger partial charge is 0.465 e. The van der Waals surface area contributed by atoms with Crippen LogP contribution in [0.15, 0.2) is 59.4 Å².